The molecule has 0 fully saturated rings. The third kappa shape index (κ3) is 16.1. The van der Waals surface area contributed by atoms with E-state index in [0.29, 0.717) is 0 Å². The molecule has 10 heavy (non-hydrogen) atoms. The summed E-state index contributed by atoms with van der Waals surface area (Å²) in [7, 11) is -5.47. The average molecular weight is 160 g/mol. The Morgan fingerprint density at radius 3 is 1.60 bits per heavy atom. The fraction of sp³-hybridized carbons (Fsp3) is 1.00. The Balaban J connectivity index is -0.000000245. The van der Waals surface area contributed by atoms with Crippen molar-refractivity contribution in [3.8, 4) is 0 Å². The summed E-state index contributed by atoms with van der Waals surface area (Å²) >= 11 is 0. The molecule has 0 atom stereocenters. The molecule has 0 aliphatic carbocycles. The van der Waals surface area contributed by atoms with E-state index in [9.17, 15) is 23.1 Å². The summed E-state index contributed by atoms with van der Waals surface area (Å²) in [6.45, 7) is -3.55. The molecule has 0 saturated carbocycles. The third-order valence-corrected chi connectivity index (χ3v) is 0.626. The molecule has 0 aromatic heterocycles. The predicted octanol–water partition coefficient (Wildman–Crippen LogP) is -6.94. The van der Waals surface area contributed by atoms with Crippen LogP contribution in [0.4, 0.5) is 8.78 Å². The standard InChI is InChI=1S/CH3F2O4P.2Li/c2-1(3)7-8(4,5)6;;/h1H,(H2,4,5,6);;/q;2*+1/p-2. The smallest absolute Gasteiger partial charge is 0.790 e. The van der Waals surface area contributed by atoms with Crippen LogP contribution in [0, 0.1) is 0 Å². The van der Waals surface area contributed by atoms with Crippen LogP contribution in [0.1, 0.15) is 0 Å². The van der Waals surface area contributed by atoms with E-state index in [1.807, 2.05) is 0 Å². The van der Waals surface area contributed by atoms with Crippen molar-refractivity contribution in [2.24, 2.45) is 0 Å². The minimum Gasteiger partial charge on any atom is -0.790 e. The van der Waals surface area contributed by atoms with E-state index in [-0.39, 0.29) is 37.7 Å². The number of alkyl halides is 2. The van der Waals surface area contributed by atoms with Crippen molar-refractivity contribution in [3.63, 3.8) is 0 Å². The molecule has 4 nitrogen and oxygen atoms in total. The molecule has 0 rings (SSSR count). The molecule has 9 heteroatoms. The van der Waals surface area contributed by atoms with Gasteiger partial charge in [-0.25, -0.2) is 0 Å². The second-order valence-corrected chi connectivity index (χ2v) is 1.92. The molecule has 0 aromatic carbocycles. The molecule has 0 spiro atoms. The van der Waals surface area contributed by atoms with E-state index in [1.165, 1.54) is 0 Å². The summed E-state index contributed by atoms with van der Waals surface area (Å²) in [5, 5.41) is 0. The zero-order valence-corrected chi connectivity index (χ0v) is 6.31. The minimum atomic E-state index is -5.47. The van der Waals surface area contributed by atoms with Crippen molar-refractivity contribution < 1.29 is 65.4 Å². The van der Waals surface area contributed by atoms with E-state index < -0.39 is 14.4 Å². The van der Waals surface area contributed by atoms with Crippen LogP contribution in [0.15, 0.2) is 0 Å². The fourth-order valence-electron chi connectivity index (χ4n) is 0.0976. The van der Waals surface area contributed by atoms with Crippen molar-refractivity contribution in [3.05, 3.63) is 0 Å². The minimum absolute atomic E-state index is 0. The number of phosphoric acid groups is 1. The van der Waals surface area contributed by atoms with Gasteiger partial charge in [0.05, 0.1) is 7.82 Å². The van der Waals surface area contributed by atoms with Crippen LogP contribution in [0.25, 0.3) is 0 Å². The van der Waals surface area contributed by atoms with Crippen LogP contribution in [0.2, 0.25) is 0 Å². The zero-order valence-electron chi connectivity index (χ0n) is 5.41. The Morgan fingerprint density at radius 2 is 1.60 bits per heavy atom. The molecule has 0 aliphatic rings. The maximum atomic E-state index is 10.7. The van der Waals surface area contributed by atoms with Gasteiger partial charge in [0, 0.05) is 0 Å². The van der Waals surface area contributed by atoms with E-state index in [1.54, 1.807) is 0 Å². The summed E-state index contributed by atoms with van der Waals surface area (Å²) < 4.78 is 33.2. The van der Waals surface area contributed by atoms with Gasteiger partial charge in [0.25, 0.3) is 0 Å². The van der Waals surface area contributed by atoms with Crippen LogP contribution in [-0.4, -0.2) is 6.61 Å². The van der Waals surface area contributed by atoms with Crippen molar-refractivity contribution in [2.45, 2.75) is 6.61 Å². The fourth-order valence-corrected chi connectivity index (χ4v) is 0.293. The Morgan fingerprint density at radius 1 is 1.30 bits per heavy atom. The SMILES string of the molecule is O=P([O-])([O-])OC(F)F.[Li+].[Li+]. The van der Waals surface area contributed by atoms with Gasteiger partial charge in [-0.2, -0.15) is 8.78 Å². The predicted molar refractivity (Wildman–Crippen MR) is 14.7 cm³/mol. The summed E-state index contributed by atoms with van der Waals surface area (Å²) in [4.78, 5) is 18.4. The van der Waals surface area contributed by atoms with E-state index in [0.717, 1.165) is 0 Å². The second kappa shape index (κ2) is 6.85. The molecule has 50 valence electrons. The van der Waals surface area contributed by atoms with Gasteiger partial charge in [0.2, 0.25) is 0 Å². The van der Waals surface area contributed by atoms with Gasteiger partial charge in [0.15, 0.2) is 0 Å². The summed E-state index contributed by atoms with van der Waals surface area (Å²) in [5.41, 5.74) is 0. The number of hydrogen-bond donors (Lipinski definition) is 0. The molecule has 0 aromatic rings. The summed E-state index contributed by atoms with van der Waals surface area (Å²) in [6.07, 6.45) is 0. The van der Waals surface area contributed by atoms with Crippen LogP contribution in [-0.2, 0) is 9.09 Å². The number of rotatable bonds is 2. The Bertz CT molecular complexity index is 114. The van der Waals surface area contributed by atoms with Crippen LogP contribution < -0.4 is 47.5 Å². The van der Waals surface area contributed by atoms with Gasteiger partial charge < -0.3 is 14.4 Å². The number of phosphoric ester groups is 1. The molecule has 0 N–H and O–H groups in total. The Kier molecular flexibility index (Phi) is 11.9. The molecule has 0 amide bonds. The summed E-state index contributed by atoms with van der Waals surface area (Å²) in [5.74, 6) is 0. The third-order valence-electron chi connectivity index (χ3n) is 0.209. The number of halogens is 2. The van der Waals surface area contributed by atoms with Crippen molar-refractivity contribution >= 4 is 7.82 Å². The number of hydrogen-bond acceptors (Lipinski definition) is 4. The first-order valence-electron chi connectivity index (χ1n) is 1.40. The first-order chi connectivity index (χ1) is 3.42. The van der Waals surface area contributed by atoms with E-state index in [2.05, 4.69) is 4.52 Å². The topological polar surface area (TPSA) is 72.4 Å². The molecular formula is CHF2Li2O4P. The van der Waals surface area contributed by atoms with Crippen molar-refractivity contribution in [1.29, 1.82) is 0 Å². The van der Waals surface area contributed by atoms with E-state index in [4.69, 9.17) is 0 Å². The van der Waals surface area contributed by atoms with Crippen LogP contribution in [0.5, 0.6) is 0 Å². The molecule has 0 heterocycles. The zero-order chi connectivity index (χ0) is 6.78. The van der Waals surface area contributed by atoms with Gasteiger partial charge in [0.1, 0.15) is 0 Å². The molecule has 0 radical (unpaired) electrons. The normalized spacial score (nSPS) is 10.1. The van der Waals surface area contributed by atoms with Gasteiger partial charge in [-0.15, -0.1) is 0 Å². The van der Waals surface area contributed by atoms with Gasteiger partial charge in [-0.3, -0.25) is 4.52 Å². The van der Waals surface area contributed by atoms with Crippen LogP contribution in [0.3, 0.4) is 0 Å². The van der Waals surface area contributed by atoms with Gasteiger partial charge >= 0.3 is 44.3 Å². The van der Waals surface area contributed by atoms with Gasteiger partial charge in [-0.05, 0) is 0 Å². The molecular weight excluding hydrogens is 159 g/mol. The van der Waals surface area contributed by atoms with Crippen LogP contribution >= 0.6 is 7.82 Å². The summed E-state index contributed by atoms with van der Waals surface area (Å²) in [6, 6.07) is 0. The van der Waals surface area contributed by atoms with E-state index >= 15 is 0 Å². The van der Waals surface area contributed by atoms with Gasteiger partial charge in [-0.1, -0.05) is 0 Å². The average Bonchev–Trinajstić information content (AvgIpc) is 1.21. The maximum absolute atomic E-state index is 10.7. The monoisotopic (exact) mass is 160 g/mol. The first kappa shape index (κ1) is 17.3. The second-order valence-electron chi connectivity index (χ2n) is 0.813. The quantitative estimate of drug-likeness (QED) is 0.297. The molecule has 0 saturated heterocycles. The Labute approximate surface area is 79.9 Å². The maximum Gasteiger partial charge on any atom is 1.00 e. The molecule has 0 bridgehead atoms. The first-order valence-corrected chi connectivity index (χ1v) is 2.86. The van der Waals surface area contributed by atoms with Crippen molar-refractivity contribution in [1.82, 2.24) is 0 Å². The van der Waals surface area contributed by atoms with Crippen molar-refractivity contribution in [2.75, 3.05) is 0 Å². The molecule has 0 aliphatic heterocycles. The molecule has 0 unspecified atom stereocenters. The Hall–Kier alpha value is 1.16. The largest absolute Gasteiger partial charge is 1.00 e.